The maximum Gasteiger partial charge on any atom is 0.327 e. The number of halogens is 1. The molecule has 1 radical (unpaired) electrons. The third-order valence-corrected chi connectivity index (χ3v) is 2.99. The molecule has 2 rings (SSSR count). The van der Waals surface area contributed by atoms with Crippen molar-refractivity contribution in [2.75, 3.05) is 0 Å². The van der Waals surface area contributed by atoms with Crippen molar-refractivity contribution in [3.8, 4) is 11.1 Å². The van der Waals surface area contributed by atoms with Crippen LogP contribution in [0.1, 0.15) is 5.56 Å². The fourth-order valence-corrected chi connectivity index (χ4v) is 1.81. The van der Waals surface area contributed by atoms with Crippen LogP contribution in [0.25, 0.3) is 11.1 Å². The van der Waals surface area contributed by atoms with Gasteiger partial charge < -0.3 is 5.02 Å². The third-order valence-electron chi connectivity index (χ3n) is 2.58. The molecule has 0 aromatic heterocycles. The lowest BCUT2D eigenvalue weighted by Gasteiger charge is -2.08. The van der Waals surface area contributed by atoms with Crippen LogP contribution in [-0.4, -0.2) is 12.5 Å². The molecule has 0 atom stereocenters. The number of hydrogen-bond acceptors (Lipinski definition) is 1. The Morgan fingerprint density at radius 1 is 1.12 bits per heavy atom. The van der Waals surface area contributed by atoms with Crippen LogP contribution in [0.4, 0.5) is 0 Å². The van der Waals surface area contributed by atoms with Gasteiger partial charge in [0, 0.05) is 5.02 Å². The summed E-state index contributed by atoms with van der Waals surface area (Å²) in [5.41, 5.74) is 3.83. The highest BCUT2D eigenvalue weighted by Gasteiger charge is 2.06. The van der Waals surface area contributed by atoms with Gasteiger partial charge in [0.2, 0.25) is 0 Å². The molecule has 0 saturated heterocycles. The SMILES string of the molecule is Cc1ccc(-c2ccccc2[B]O)cc1Cl. The number of rotatable bonds is 2. The van der Waals surface area contributed by atoms with Crippen molar-refractivity contribution in [2.24, 2.45) is 0 Å². The molecule has 0 spiro atoms. The Kier molecular flexibility index (Phi) is 3.32. The Morgan fingerprint density at radius 3 is 2.56 bits per heavy atom. The Bertz CT molecular complexity index is 511. The molecule has 1 nitrogen and oxygen atoms in total. The lowest BCUT2D eigenvalue weighted by molar-refractivity contribution is 0.615. The van der Waals surface area contributed by atoms with E-state index in [1.165, 1.54) is 0 Å². The van der Waals surface area contributed by atoms with Crippen molar-refractivity contribution >= 4 is 24.5 Å². The van der Waals surface area contributed by atoms with E-state index in [2.05, 4.69) is 0 Å². The first-order valence-corrected chi connectivity index (χ1v) is 5.43. The average molecular weight is 229 g/mol. The lowest BCUT2D eigenvalue weighted by atomic mass is 9.82. The van der Waals surface area contributed by atoms with Crippen molar-refractivity contribution in [1.29, 1.82) is 0 Å². The zero-order chi connectivity index (χ0) is 11.5. The molecular weight excluding hydrogens is 218 g/mol. The molecule has 0 amide bonds. The normalized spacial score (nSPS) is 10.2. The van der Waals surface area contributed by atoms with Crippen LogP contribution in [0.3, 0.4) is 0 Å². The van der Waals surface area contributed by atoms with Crippen molar-refractivity contribution in [3.63, 3.8) is 0 Å². The van der Waals surface area contributed by atoms with Gasteiger partial charge in [0.25, 0.3) is 0 Å². The minimum Gasteiger partial charge on any atom is -0.450 e. The second-order valence-corrected chi connectivity index (χ2v) is 4.09. The fourth-order valence-electron chi connectivity index (χ4n) is 1.63. The number of aryl methyl sites for hydroxylation is 1. The van der Waals surface area contributed by atoms with E-state index in [0.29, 0.717) is 0 Å². The molecule has 1 N–H and O–H groups in total. The van der Waals surface area contributed by atoms with Gasteiger partial charge in [-0.05, 0) is 35.1 Å². The monoisotopic (exact) mass is 229 g/mol. The number of hydrogen-bond donors (Lipinski definition) is 1. The van der Waals surface area contributed by atoms with E-state index < -0.39 is 0 Å². The fraction of sp³-hybridized carbons (Fsp3) is 0.0769. The highest BCUT2D eigenvalue weighted by molar-refractivity contribution is 6.48. The molecule has 0 bridgehead atoms. The number of benzene rings is 2. The van der Waals surface area contributed by atoms with Crippen LogP contribution in [-0.2, 0) is 0 Å². The summed E-state index contributed by atoms with van der Waals surface area (Å²) in [6.07, 6.45) is 0. The van der Waals surface area contributed by atoms with Crippen LogP contribution < -0.4 is 5.46 Å². The van der Waals surface area contributed by atoms with Gasteiger partial charge in [0.1, 0.15) is 0 Å². The molecule has 3 heteroatoms. The summed E-state index contributed by atoms with van der Waals surface area (Å²) in [5, 5.41) is 9.89. The first-order valence-electron chi connectivity index (χ1n) is 5.05. The largest absolute Gasteiger partial charge is 0.450 e. The van der Waals surface area contributed by atoms with Crippen LogP contribution in [0.5, 0.6) is 0 Å². The predicted molar refractivity (Wildman–Crippen MR) is 69.2 cm³/mol. The summed E-state index contributed by atoms with van der Waals surface area (Å²) < 4.78 is 0. The molecular formula is C13H11BClO. The summed E-state index contributed by atoms with van der Waals surface area (Å²) in [4.78, 5) is 0. The van der Waals surface area contributed by atoms with E-state index in [1.54, 1.807) is 0 Å². The van der Waals surface area contributed by atoms with Gasteiger partial charge in [-0.15, -0.1) is 0 Å². The maximum absolute atomic E-state index is 9.15. The lowest BCUT2D eigenvalue weighted by Crippen LogP contribution is -2.15. The Balaban J connectivity index is 2.54. The summed E-state index contributed by atoms with van der Waals surface area (Å²) in [7, 11) is 1.11. The van der Waals surface area contributed by atoms with Gasteiger partial charge in [-0.1, -0.05) is 48.0 Å². The molecule has 0 saturated carbocycles. The molecule has 79 valence electrons. The summed E-state index contributed by atoms with van der Waals surface area (Å²) >= 11 is 6.09. The molecule has 0 aliphatic carbocycles. The second-order valence-electron chi connectivity index (χ2n) is 3.68. The van der Waals surface area contributed by atoms with Crippen LogP contribution >= 0.6 is 11.6 Å². The predicted octanol–water partition coefficient (Wildman–Crippen LogP) is 2.55. The van der Waals surface area contributed by atoms with Crippen LogP contribution in [0, 0.1) is 6.92 Å². The zero-order valence-electron chi connectivity index (χ0n) is 8.94. The quantitative estimate of drug-likeness (QED) is 0.785. The topological polar surface area (TPSA) is 20.2 Å². The highest BCUT2D eigenvalue weighted by Crippen LogP contribution is 2.23. The van der Waals surface area contributed by atoms with Gasteiger partial charge in [-0.3, -0.25) is 0 Å². The first kappa shape index (κ1) is 11.2. The molecule has 0 heterocycles. The van der Waals surface area contributed by atoms with Crippen LogP contribution in [0.2, 0.25) is 5.02 Å². The Labute approximate surface area is 101 Å². The van der Waals surface area contributed by atoms with Crippen molar-refractivity contribution in [3.05, 3.63) is 53.1 Å². The highest BCUT2D eigenvalue weighted by atomic mass is 35.5. The Hall–Kier alpha value is -1.25. The molecule has 16 heavy (non-hydrogen) atoms. The Morgan fingerprint density at radius 2 is 1.88 bits per heavy atom. The summed E-state index contributed by atoms with van der Waals surface area (Å²) in [6.45, 7) is 1.97. The standard InChI is InChI=1S/C13H11BClO/c1-9-6-7-10(8-13(9)15)11-4-2-3-5-12(11)14-16/h2-8,16H,1H3. The van der Waals surface area contributed by atoms with Gasteiger partial charge in [0.15, 0.2) is 0 Å². The summed E-state index contributed by atoms with van der Waals surface area (Å²) in [5.74, 6) is 0. The van der Waals surface area contributed by atoms with Crippen molar-refractivity contribution in [1.82, 2.24) is 0 Å². The first-order chi connectivity index (χ1) is 7.72. The molecule has 0 aliphatic rings. The van der Waals surface area contributed by atoms with Gasteiger partial charge in [0.05, 0.1) is 0 Å². The molecule has 2 aromatic rings. The third kappa shape index (κ3) is 2.13. The van der Waals surface area contributed by atoms with E-state index in [9.17, 15) is 0 Å². The minimum atomic E-state index is 0.741. The van der Waals surface area contributed by atoms with E-state index in [0.717, 1.165) is 34.7 Å². The molecule has 0 aliphatic heterocycles. The minimum absolute atomic E-state index is 0.741. The molecule has 0 unspecified atom stereocenters. The zero-order valence-corrected chi connectivity index (χ0v) is 9.70. The van der Waals surface area contributed by atoms with E-state index in [4.69, 9.17) is 16.6 Å². The van der Waals surface area contributed by atoms with Gasteiger partial charge in [-0.2, -0.15) is 0 Å². The van der Waals surface area contributed by atoms with E-state index in [1.807, 2.05) is 49.4 Å². The van der Waals surface area contributed by atoms with Crippen LogP contribution in [0.15, 0.2) is 42.5 Å². The second kappa shape index (κ2) is 4.73. The van der Waals surface area contributed by atoms with E-state index in [-0.39, 0.29) is 0 Å². The average Bonchev–Trinajstić information content (AvgIpc) is 2.32. The van der Waals surface area contributed by atoms with E-state index >= 15 is 0 Å². The summed E-state index contributed by atoms with van der Waals surface area (Å²) in [6, 6.07) is 13.6. The van der Waals surface area contributed by atoms with Crippen molar-refractivity contribution in [2.45, 2.75) is 6.92 Å². The van der Waals surface area contributed by atoms with Crippen molar-refractivity contribution < 1.29 is 5.02 Å². The van der Waals surface area contributed by atoms with Gasteiger partial charge >= 0.3 is 7.48 Å². The van der Waals surface area contributed by atoms with Gasteiger partial charge in [-0.25, -0.2) is 0 Å². The molecule has 0 fully saturated rings. The smallest absolute Gasteiger partial charge is 0.327 e. The maximum atomic E-state index is 9.15. The molecule has 2 aromatic carbocycles.